The van der Waals surface area contributed by atoms with Gasteiger partial charge >= 0.3 is 5.97 Å². The number of nitrogens with one attached hydrogen (secondary N) is 1. The number of amides is 1. The minimum absolute atomic E-state index is 0.0613. The number of carbonyl (C=O) groups is 2. The maximum atomic E-state index is 12.7. The zero-order valence-corrected chi connectivity index (χ0v) is 15.8. The zero-order valence-electron chi connectivity index (χ0n) is 15.8. The molecule has 7 nitrogen and oxygen atoms in total. The molecule has 1 unspecified atom stereocenters. The highest BCUT2D eigenvalue weighted by atomic mass is 16.5. The maximum absolute atomic E-state index is 12.7. The molecule has 7 heteroatoms. The van der Waals surface area contributed by atoms with Crippen molar-refractivity contribution in [1.82, 2.24) is 15.1 Å². The molecule has 1 aromatic heterocycles. The first-order valence-electron chi connectivity index (χ1n) is 8.85. The molecule has 2 rings (SSSR count). The fraction of sp³-hybridized carbons (Fsp3) is 0.350. The SMILES string of the molecule is C/C=C/CC(NC(=O)c1nn(-c2ccccc2)cc1OCC(C)C)C(=O)O. The van der Waals surface area contributed by atoms with E-state index in [0.29, 0.717) is 12.4 Å². The monoisotopic (exact) mass is 371 g/mol. The lowest BCUT2D eigenvalue weighted by Gasteiger charge is -2.13. The number of carbonyl (C=O) groups excluding carboxylic acids is 1. The lowest BCUT2D eigenvalue weighted by Crippen LogP contribution is -2.40. The van der Waals surface area contributed by atoms with Gasteiger partial charge in [0.1, 0.15) is 6.04 Å². The first-order valence-corrected chi connectivity index (χ1v) is 8.85. The van der Waals surface area contributed by atoms with Crippen LogP contribution in [0.25, 0.3) is 5.69 Å². The van der Waals surface area contributed by atoms with Crippen molar-refractivity contribution in [3.05, 3.63) is 54.4 Å². The summed E-state index contributed by atoms with van der Waals surface area (Å²) in [6, 6.07) is 8.29. The zero-order chi connectivity index (χ0) is 19.8. The van der Waals surface area contributed by atoms with Gasteiger partial charge < -0.3 is 15.2 Å². The smallest absolute Gasteiger partial charge is 0.326 e. The highest BCUT2D eigenvalue weighted by molar-refractivity contribution is 5.97. The van der Waals surface area contributed by atoms with Crippen molar-refractivity contribution in [3.8, 4) is 11.4 Å². The number of benzene rings is 1. The molecular formula is C20H25N3O4. The first-order chi connectivity index (χ1) is 12.9. The van der Waals surface area contributed by atoms with Crippen molar-refractivity contribution < 1.29 is 19.4 Å². The largest absolute Gasteiger partial charge is 0.489 e. The summed E-state index contributed by atoms with van der Waals surface area (Å²) in [4.78, 5) is 24.1. The number of allylic oxidation sites excluding steroid dienone is 1. The van der Waals surface area contributed by atoms with Crippen LogP contribution < -0.4 is 10.1 Å². The Morgan fingerprint density at radius 3 is 2.59 bits per heavy atom. The molecule has 1 aromatic carbocycles. The van der Waals surface area contributed by atoms with Gasteiger partial charge in [-0.1, -0.05) is 44.2 Å². The minimum Gasteiger partial charge on any atom is -0.489 e. The van der Waals surface area contributed by atoms with Crippen LogP contribution in [-0.4, -0.2) is 39.4 Å². The topological polar surface area (TPSA) is 93.5 Å². The van der Waals surface area contributed by atoms with E-state index in [9.17, 15) is 14.7 Å². The predicted octanol–water partition coefficient (Wildman–Crippen LogP) is 3.06. The molecule has 0 saturated heterocycles. The summed E-state index contributed by atoms with van der Waals surface area (Å²) in [5.74, 6) is -1.10. The molecule has 1 heterocycles. The van der Waals surface area contributed by atoms with Crippen molar-refractivity contribution in [2.45, 2.75) is 33.2 Å². The molecule has 0 spiro atoms. The van der Waals surface area contributed by atoms with Crippen LogP contribution in [-0.2, 0) is 4.79 Å². The molecule has 144 valence electrons. The van der Waals surface area contributed by atoms with E-state index in [1.165, 1.54) is 0 Å². The number of para-hydroxylation sites is 1. The molecular weight excluding hydrogens is 346 g/mol. The second-order valence-corrected chi connectivity index (χ2v) is 6.50. The normalized spacial score (nSPS) is 12.3. The third-order valence-electron chi connectivity index (χ3n) is 3.70. The Balaban J connectivity index is 2.30. The molecule has 27 heavy (non-hydrogen) atoms. The number of hydrogen-bond donors (Lipinski definition) is 2. The van der Waals surface area contributed by atoms with Gasteiger partial charge in [0, 0.05) is 0 Å². The Kier molecular flexibility index (Phi) is 7.16. The summed E-state index contributed by atoms with van der Waals surface area (Å²) >= 11 is 0. The van der Waals surface area contributed by atoms with Gasteiger partial charge in [-0.05, 0) is 31.4 Å². The summed E-state index contributed by atoms with van der Waals surface area (Å²) in [6.45, 7) is 6.21. The van der Waals surface area contributed by atoms with E-state index in [0.717, 1.165) is 5.69 Å². The molecule has 2 N–H and O–H groups in total. The third-order valence-corrected chi connectivity index (χ3v) is 3.70. The second kappa shape index (κ2) is 9.56. The van der Waals surface area contributed by atoms with Gasteiger partial charge in [0.2, 0.25) is 0 Å². The summed E-state index contributed by atoms with van der Waals surface area (Å²) in [5.41, 5.74) is 0.834. The van der Waals surface area contributed by atoms with Crippen LogP contribution in [0.2, 0.25) is 0 Å². The summed E-state index contributed by atoms with van der Waals surface area (Å²) < 4.78 is 7.29. The van der Waals surface area contributed by atoms with Crippen molar-refractivity contribution in [1.29, 1.82) is 0 Å². The highest BCUT2D eigenvalue weighted by Gasteiger charge is 2.24. The Morgan fingerprint density at radius 2 is 2.00 bits per heavy atom. The van der Waals surface area contributed by atoms with Crippen molar-refractivity contribution >= 4 is 11.9 Å². The van der Waals surface area contributed by atoms with Gasteiger partial charge in [-0.25, -0.2) is 9.48 Å². The van der Waals surface area contributed by atoms with E-state index in [1.807, 2.05) is 44.2 Å². The van der Waals surface area contributed by atoms with Crippen LogP contribution in [0.5, 0.6) is 5.75 Å². The number of aliphatic carboxylic acids is 1. The number of aromatic nitrogens is 2. The van der Waals surface area contributed by atoms with Crippen LogP contribution in [0.15, 0.2) is 48.7 Å². The van der Waals surface area contributed by atoms with E-state index in [2.05, 4.69) is 10.4 Å². The van der Waals surface area contributed by atoms with Crippen LogP contribution in [0.3, 0.4) is 0 Å². The molecule has 0 aliphatic carbocycles. The molecule has 2 aromatic rings. The number of carboxylic acid groups (broad SMARTS) is 1. The van der Waals surface area contributed by atoms with E-state index >= 15 is 0 Å². The number of hydrogen-bond acceptors (Lipinski definition) is 4. The average molecular weight is 371 g/mol. The van der Waals surface area contributed by atoms with Crippen molar-refractivity contribution in [3.63, 3.8) is 0 Å². The van der Waals surface area contributed by atoms with Crippen molar-refractivity contribution in [2.24, 2.45) is 5.92 Å². The van der Waals surface area contributed by atoms with Crippen LogP contribution in [0, 0.1) is 5.92 Å². The molecule has 1 atom stereocenters. The fourth-order valence-electron chi connectivity index (χ4n) is 2.31. The van der Waals surface area contributed by atoms with Gasteiger partial charge in [0.15, 0.2) is 11.4 Å². The second-order valence-electron chi connectivity index (χ2n) is 6.50. The van der Waals surface area contributed by atoms with Gasteiger partial charge in [-0.2, -0.15) is 5.10 Å². The van der Waals surface area contributed by atoms with E-state index < -0.39 is 17.9 Å². The Morgan fingerprint density at radius 1 is 1.30 bits per heavy atom. The number of carboxylic acids is 1. The summed E-state index contributed by atoms with van der Waals surface area (Å²) in [7, 11) is 0. The minimum atomic E-state index is -1.10. The highest BCUT2D eigenvalue weighted by Crippen LogP contribution is 2.21. The lowest BCUT2D eigenvalue weighted by atomic mass is 10.2. The van der Waals surface area contributed by atoms with Gasteiger partial charge in [0.25, 0.3) is 5.91 Å². The standard InChI is InChI=1S/C20H25N3O4/c1-4-5-11-16(20(25)26)21-19(24)18-17(27-13-14(2)3)12-23(22-18)15-9-7-6-8-10-15/h4-10,12,14,16H,11,13H2,1-3H3,(H,21,24)(H,25,26)/b5-4+. The fourth-order valence-corrected chi connectivity index (χ4v) is 2.31. The van der Waals surface area contributed by atoms with Crippen LogP contribution in [0.4, 0.5) is 0 Å². The van der Waals surface area contributed by atoms with Crippen LogP contribution >= 0.6 is 0 Å². The quantitative estimate of drug-likeness (QED) is 0.661. The molecule has 0 bridgehead atoms. The average Bonchev–Trinajstić information content (AvgIpc) is 3.08. The molecule has 0 aliphatic heterocycles. The van der Waals surface area contributed by atoms with E-state index in [4.69, 9.17) is 4.74 Å². The third kappa shape index (κ3) is 5.70. The molecule has 0 aliphatic rings. The number of ether oxygens (including phenoxy) is 1. The van der Waals surface area contributed by atoms with Gasteiger partial charge in [-0.15, -0.1) is 0 Å². The molecule has 0 fully saturated rings. The number of rotatable bonds is 9. The summed E-state index contributed by atoms with van der Waals surface area (Å²) in [5, 5.41) is 16.2. The van der Waals surface area contributed by atoms with Gasteiger partial charge in [-0.3, -0.25) is 4.79 Å². The Hall–Kier alpha value is -3.09. The first kappa shape index (κ1) is 20.2. The molecule has 0 saturated carbocycles. The van der Waals surface area contributed by atoms with E-state index in [-0.39, 0.29) is 18.0 Å². The molecule has 1 amide bonds. The van der Waals surface area contributed by atoms with Crippen molar-refractivity contribution in [2.75, 3.05) is 6.61 Å². The maximum Gasteiger partial charge on any atom is 0.326 e. The van der Waals surface area contributed by atoms with E-state index in [1.54, 1.807) is 30.0 Å². The Labute approximate surface area is 158 Å². The predicted molar refractivity (Wildman–Crippen MR) is 102 cm³/mol. The number of nitrogens with zero attached hydrogens (tertiary/aromatic N) is 2. The lowest BCUT2D eigenvalue weighted by molar-refractivity contribution is -0.139. The van der Waals surface area contributed by atoms with Crippen LogP contribution in [0.1, 0.15) is 37.7 Å². The molecule has 0 radical (unpaired) electrons. The van der Waals surface area contributed by atoms with Gasteiger partial charge in [0.05, 0.1) is 18.5 Å². The summed E-state index contributed by atoms with van der Waals surface area (Å²) in [6.07, 6.45) is 5.26. The Bertz CT molecular complexity index is 797.